The SMILES string of the molecule is COc1ccc([C@@H](O)C(C)Oc2cc([C@@H](O)[C@@H](C)Oc3ccc([C@H]4O[C@H](c5ccc(O[C@H](C)[C@H](O)c6ccc(OC)c(O[C@H](C)[C@H](O)c7ccc(OC)c(OC)c7)c6)c(OC)c5)[C@H](C)[C@H]4C)cc3OC)ccc2OC)cc1OC. The number of methoxy groups -OCH3 is 8. The zero-order valence-electron chi connectivity index (χ0n) is 47.4. The highest BCUT2D eigenvalue weighted by Crippen LogP contribution is 2.51. The Morgan fingerprint density at radius 3 is 0.810 bits per heavy atom. The van der Waals surface area contributed by atoms with E-state index >= 15 is 0 Å². The fraction of sp³-hybridized carbons (Fsp3) is 0.419. The minimum atomic E-state index is -1.10. The first-order valence-corrected chi connectivity index (χ1v) is 26.1. The molecular formula is C62H76O17. The van der Waals surface area contributed by atoms with Gasteiger partial charge in [-0.15, -0.1) is 0 Å². The molecule has 1 fully saturated rings. The monoisotopic (exact) mass is 1090 g/mol. The molecule has 1 aliphatic rings. The van der Waals surface area contributed by atoms with Gasteiger partial charge in [0.2, 0.25) is 0 Å². The smallest absolute Gasteiger partial charge is 0.162 e. The maximum Gasteiger partial charge on any atom is 0.162 e. The van der Waals surface area contributed by atoms with Crippen molar-refractivity contribution in [2.24, 2.45) is 11.8 Å². The molecule has 0 bridgehead atoms. The number of aliphatic hydroxyl groups is 4. The highest BCUT2D eigenvalue weighted by atomic mass is 16.6. The van der Waals surface area contributed by atoms with Gasteiger partial charge in [0.05, 0.1) is 69.1 Å². The lowest BCUT2D eigenvalue weighted by molar-refractivity contribution is 0.0281. The van der Waals surface area contributed by atoms with Gasteiger partial charge in [-0.3, -0.25) is 0 Å². The average Bonchev–Trinajstić information content (AvgIpc) is 3.78. The molecule has 1 saturated heterocycles. The molecule has 0 aliphatic carbocycles. The zero-order chi connectivity index (χ0) is 57.2. The summed E-state index contributed by atoms with van der Waals surface area (Å²) in [6.07, 6.45) is -7.77. The van der Waals surface area contributed by atoms with E-state index in [1.807, 2.05) is 36.4 Å². The quantitative estimate of drug-likeness (QED) is 0.0399. The third-order valence-electron chi connectivity index (χ3n) is 14.7. The number of hydrogen-bond donors (Lipinski definition) is 4. The number of rotatable bonds is 26. The molecule has 4 N–H and O–H groups in total. The molecule has 0 saturated carbocycles. The molecule has 1 aliphatic heterocycles. The lowest BCUT2D eigenvalue weighted by Crippen LogP contribution is -2.23. The maximum atomic E-state index is 11.6. The molecule has 426 valence electrons. The first-order chi connectivity index (χ1) is 37.9. The van der Waals surface area contributed by atoms with Crippen LogP contribution in [0.2, 0.25) is 0 Å². The van der Waals surface area contributed by atoms with Crippen molar-refractivity contribution in [1.29, 1.82) is 0 Å². The second-order valence-corrected chi connectivity index (χ2v) is 19.6. The first kappa shape index (κ1) is 59.4. The molecule has 6 aromatic rings. The van der Waals surface area contributed by atoms with E-state index in [4.69, 9.17) is 61.6 Å². The summed E-state index contributed by atoms with van der Waals surface area (Å²) in [5, 5.41) is 45.8. The molecular weight excluding hydrogens is 1020 g/mol. The number of ether oxygens (including phenoxy) is 13. The summed E-state index contributed by atoms with van der Waals surface area (Å²) in [6, 6.07) is 31.9. The lowest BCUT2D eigenvalue weighted by atomic mass is 9.85. The summed E-state index contributed by atoms with van der Waals surface area (Å²) in [4.78, 5) is 0. The van der Waals surface area contributed by atoms with Crippen LogP contribution >= 0.6 is 0 Å². The molecule has 7 rings (SSSR count). The van der Waals surface area contributed by atoms with Gasteiger partial charge in [-0.25, -0.2) is 0 Å². The standard InChI is InChI=1S/C62H76O17/c1-33-34(2)62(44-20-26-50(54(32-44)74-14)76-36(4)58(64)42-18-24-48(70-10)56(30-42)78-38(6)60(66)40-16-22-46(68-8)52(28-40)72-12)79-61(33)43-19-25-49(53(31-43)73-13)75-35(3)57(63)41-17-23-47(69-9)55(29-41)77-37(5)59(65)39-15-21-45(67-7)51(27-39)71-11/h15-38,57-66H,1-14H3/t33-,34-,35-,36-,37-,38?,57+,58+,59+,60+,61+,62+/m1/s1. The fourth-order valence-electron chi connectivity index (χ4n) is 9.79. The van der Waals surface area contributed by atoms with Crippen molar-refractivity contribution >= 4 is 0 Å². The van der Waals surface area contributed by atoms with Gasteiger partial charge >= 0.3 is 0 Å². The van der Waals surface area contributed by atoms with Crippen LogP contribution in [0.25, 0.3) is 0 Å². The van der Waals surface area contributed by atoms with E-state index in [-0.39, 0.29) is 24.0 Å². The Balaban J connectivity index is 0.994. The zero-order valence-corrected chi connectivity index (χ0v) is 47.4. The van der Waals surface area contributed by atoms with Gasteiger partial charge in [-0.1, -0.05) is 50.2 Å². The first-order valence-electron chi connectivity index (χ1n) is 26.1. The van der Waals surface area contributed by atoms with Crippen molar-refractivity contribution < 1.29 is 82.0 Å². The van der Waals surface area contributed by atoms with Crippen LogP contribution in [-0.4, -0.2) is 102 Å². The molecule has 1 unspecified atom stereocenters. The normalized spacial score (nSPS) is 19.1. The van der Waals surface area contributed by atoms with Gasteiger partial charge in [-0.05, 0) is 146 Å². The van der Waals surface area contributed by atoms with E-state index in [9.17, 15) is 20.4 Å². The molecule has 1 heterocycles. The largest absolute Gasteiger partial charge is 0.493 e. The van der Waals surface area contributed by atoms with Gasteiger partial charge in [0.15, 0.2) is 69.0 Å². The van der Waals surface area contributed by atoms with Crippen molar-refractivity contribution in [2.75, 3.05) is 56.9 Å². The van der Waals surface area contributed by atoms with E-state index in [1.165, 1.54) is 28.4 Å². The maximum absolute atomic E-state index is 11.6. The molecule has 12 atom stereocenters. The summed E-state index contributed by atoms with van der Waals surface area (Å²) in [6.45, 7) is 11.3. The second kappa shape index (κ2) is 26.6. The minimum absolute atomic E-state index is 0.0873. The highest BCUT2D eigenvalue weighted by Gasteiger charge is 2.41. The van der Waals surface area contributed by atoms with Gasteiger partial charge in [0.1, 0.15) is 48.8 Å². The predicted octanol–water partition coefficient (Wildman–Crippen LogP) is 10.8. The van der Waals surface area contributed by atoms with Gasteiger partial charge < -0.3 is 82.0 Å². The van der Waals surface area contributed by atoms with Crippen LogP contribution < -0.4 is 56.8 Å². The summed E-state index contributed by atoms with van der Waals surface area (Å²) in [7, 11) is 12.3. The van der Waals surface area contributed by atoms with Crippen molar-refractivity contribution in [3.05, 3.63) is 143 Å². The van der Waals surface area contributed by atoms with Crippen molar-refractivity contribution in [3.8, 4) is 69.0 Å². The molecule has 17 nitrogen and oxygen atoms in total. The molecule has 79 heavy (non-hydrogen) atoms. The molecule has 17 heteroatoms. The van der Waals surface area contributed by atoms with Crippen LogP contribution in [-0.2, 0) is 4.74 Å². The van der Waals surface area contributed by atoms with E-state index in [0.717, 1.165) is 11.1 Å². The number of aliphatic hydroxyl groups excluding tert-OH is 4. The van der Waals surface area contributed by atoms with Crippen LogP contribution in [0.1, 0.15) is 112 Å². The Bertz CT molecular complexity index is 2770. The van der Waals surface area contributed by atoms with E-state index in [2.05, 4.69) is 13.8 Å². The topological polar surface area (TPSA) is 201 Å². The van der Waals surface area contributed by atoms with E-state index in [0.29, 0.717) is 91.2 Å². The van der Waals surface area contributed by atoms with Crippen LogP contribution in [0.3, 0.4) is 0 Å². The van der Waals surface area contributed by atoms with Crippen LogP contribution in [0.15, 0.2) is 109 Å². The number of benzene rings is 6. The lowest BCUT2D eigenvalue weighted by Gasteiger charge is -2.25. The summed E-state index contributed by atoms with van der Waals surface area (Å²) >= 11 is 0. The third-order valence-corrected chi connectivity index (χ3v) is 14.7. The van der Waals surface area contributed by atoms with Crippen LogP contribution in [0, 0.1) is 11.8 Å². The molecule has 0 aromatic heterocycles. The molecule has 0 amide bonds. The van der Waals surface area contributed by atoms with Crippen molar-refractivity contribution in [2.45, 2.75) is 103 Å². The summed E-state index contributed by atoms with van der Waals surface area (Å²) < 4.78 is 76.5. The third kappa shape index (κ3) is 13.3. The number of hydrogen-bond acceptors (Lipinski definition) is 17. The molecule has 0 spiro atoms. The second-order valence-electron chi connectivity index (χ2n) is 19.6. The van der Waals surface area contributed by atoms with Gasteiger partial charge in [0, 0.05) is 0 Å². The Kier molecular flexibility index (Phi) is 20.0. The Morgan fingerprint density at radius 1 is 0.304 bits per heavy atom. The Labute approximate surface area is 463 Å². The summed E-state index contributed by atoms with van der Waals surface area (Å²) in [5.74, 6) is 5.51. The molecule has 6 aromatic carbocycles. The molecule has 0 radical (unpaired) electrons. The van der Waals surface area contributed by atoms with E-state index < -0.39 is 48.8 Å². The Hall–Kier alpha value is -7.28. The Morgan fingerprint density at radius 2 is 0.532 bits per heavy atom. The van der Waals surface area contributed by atoms with Gasteiger partial charge in [0.25, 0.3) is 0 Å². The highest BCUT2D eigenvalue weighted by molar-refractivity contribution is 5.50. The van der Waals surface area contributed by atoms with Crippen LogP contribution in [0.4, 0.5) is 0 Å². The van der Waals surface area contributed by atoms with Crippen LogP contribution in [0.5, 0.6) is 69.0 Å². The van der Waals surface area contributed by atoms with Crippen molar-refractivity contribution in [1.82, 2.24) is 0 Å². The van der Waals surface area contributed by atoms with Crippen molar-refractivity contribution in [3.63, 3.8) is 0 Å². The minimum Gasteiger partial charge on any atom is -0.493 e. The average molecular weight is 1090 g/mol. The summed E-state index contributed by atoms with van der Waals surface area (Å²) in [5.41, 5.74) is 3.95. The van der Waals surface area contributed by atoms with Gasteiger partial charge in [-0.2, -0.15) is 0 Å². The fourth-order valence-corrected chi connectivity index (χ4v) is 9.79. The predicted molar refractivity (Wildman–Crippen MR) is 296 cm³/mol. The van der Waals surface area contributed by atoms with E-state index in [1.54, 1.807) is 129 Å².